The molecule has 0 aromatic carbocycles. The van der Waals surface area contributed by atoms with Crippen LogP contribution in [0.1, 0.15) is 0 Å². The summed E-state index contributed by atoms with van der Waals surface area (Å²) < 4.78 is 2.17. The van der Waals surface area contributed by atoms with Crippen molar-refractivity contribution in [3.63, 3.8) is 0 Å². The maximum absolute atomic E-state index is 3.10. The monoisotopic (exact) mass is 156 g/mol. The average molecular weight is 156 g/mol. The lowest BCUT2D eigenvalue weighted by Gasteiger charge is -1.95. The fourth-order valence-electron chi connectivity index (χ4n) is 1.63. The quantitative estimate of drug-likeness (QED) is 0.516. The summed E-state index contributed by atoms with van der Waals surface area (Å²) in [5.74, 6) is 0. The van der Waals surface area contributed by atoms with Gasteiger partial charge in [-0.2, -0.15) is 0 Å². The normalized spacial score (nSPS) is 11.3. The molecule has 12 heavy (non-hydrogen) atoms. The minimum absolute atomic E-state index is 1.23. The van der Waals surface area contributed by atoms with E-state index < -0.39 is 0 Å². The summed E-state index contributed by atoms with van der Waals surface area (Å²) in [7, 11) is 0. The molecule has 0 fully saturated rings. The molecule has 0 aliphatic carbocycles. The fraction of sp³-hybridized carbons (Fsp3) is 0. The number of pyridine rings is 1. The van der Waals surface area contributed by atoms with Crippen molar-refractivity contribution in [1.82, 2.24) is 9.38 Å². The predicted molar refractivity (Wildman–Crippen MR) is 49.3 cm³/mol. The van der Waals surface area contributed by atoms with Crippen LogP contribution in [0.2, 0.25) is 0 Å². The Labute approximate surface area is 69.4 Å². The lowest BCUT2D eigenvalue weighted by atomic mass is 10.3. The molecule has 0 atom stereocenters. The van der Waals surface area contributed by atoms with Gasteiger partial charge in [-0.25, -0.2) is 0 Å². The van der Waals surface area contributed by atoms with Crippen molar-refractivity contribution in [2.75, 3.05) is 0 Å². The number of aromatic nitrogens is 2. The number of hydrogen-bond acceptors (Lipinski definition) is 0. The zero-order valence-corrected chi connectivity index (χ0v) is 6.49. The third-order valence-electron chi connectivity index (χ3n) is 2.23. The first-order valence-corrected chi connectivity index (χ1v) is 3.98. The van der Waals surface area contributed by atoms with Gasteiger partial charge in [0.05, 0.1) is 5.52 Å². The minimum atomic E-state index is 1.23. The van der Waals surface area contributed by atoms with Gasteiger partial charge in [-0.1, -0.05) is 0 Å². The van der Waals surface area contributed by atoms with Gasteiger partial charge in [-0.3, -0.25) is 0 Å². The second-order valence-corrected chi connectivity index (χ2v) is 2.93. The Balaban J connectivity index is 2.71. The standard InChI is InChI=1S/C10H8N2/c1-2-9-4-3-8-6-11-7-10(8)12(9)5-1/h1-7,11H. The summed E-state index contributed by atoms with van der Waals surface area (Å²) >= 11 is 0. The Hall–Kier alpha value is -1.70. The highest BCUT2D eigenvalue weighted by molar-refractivity contribution is 5.82. The molecule has 2 nitrogen and oxygen atoms in total. The summed E-state index contributed by atoms with van der Waals surface area (Å²) in [6.45, 7) is 0. The molecule has 0 unspecified atom stereocenters. The lowest BCUT2D eigenvalue weighted by Crippen LogP contribution is -1.80. The second-order valence-electron chi connectivity index (χ2n) is 2.93. The molecule has 0 aliphatic heterocycles. The van der Waals surface area contributed by atoms with Crippen molar-refractivity contribution in [1.29, 1.82) is 0 Å². The number of H-pyrrole nitrogens is 1. The van der Waals surface area contributed by atoms with Gasteiger partial charge >= 0.3 is 0 Å². The van der Waals surface area contributed by atoms with Crippen LogP contribution >= 0.6 is 0 Å². The molecule has 0 spiro atoms. The van der Waals surface area contributed by atoms with Crippen LogP contribution in [0.5, 0.6) is 0 Å². The number of aromatic amines is 1. The maximum Gasteiger partial charge on any atom is 0.0703 e. The molecular weight excluding hydrogens is 148 g/mol. The second kappa shape index (κ2) is 1.91. The van der Waals surface area contributed by atoms with Gasteiger partial charge in [0, 0.05) is 29.5 Å². The highest BCUT2D eigenvalue weighted by Gasteiger charge is 1.97. The molecule has 0 aliphatic rings. The topological polar surface area (TPSA) is 20.2 Å². The lowest BCUT2D eigenvalue weighted by molar-refractivity contribution is 1.27. The van der Waals surface area contributed by atoms with Crippen molar-refractivity contribution < 1.29 is 0 Å². The van der Waals surface area contributed by atoms with E-state index in [0.717, 1.165) is 0 Å². The summed E-state index contributed by atoms with van der Waals surface area (Å²) in [6, 6.07) is 8.41. The molecule has 0 radical (unpaired) electrons. The van der Waals surface area contributed by atoms with E-state index in [1.165, 1.54) is 16.4 Å². The molecule has 1 N–H and O–H groups in total. The molecule has 3 rings (SSSR count). The van der Waals surface area contributed by atoms with Crippen molar-refractivity contribution in [3.05, 3.63) is 42.9 Å². The van der Waals surface area contributed by atoms with E-state index in [9.17, 15) is 0 Å². The Bertz CT molecular complexity index is 481. The first-order valence-electron chi connectivity index (χ1n) is 3.98. The van der Waals surface area contributed by atoms with Crippen molar-refractivity contribution >= 4 is 16.4 Å². The first kappa shape index (κ1) is 5.89. The smallest absolute Gasteiger partial charge is 0.0703 e. The molecule has 2 heteroatoms. The van der Waals surface area contributed by atoms with Crippen LogP contribution < -0.4 is 0 Å². The Morgan fingerprint density at radius 1 is 1.08 bits per heavy atom. The number of hydrogen-bond donors (Lipinski definition) is 1. The third-order valence-corrected chi connectivity index (χ3v) is 2.23. The Morgan fingerprint density at radius 3 is 3.08 bits per heavy atom. The molecule has 3 aromatic rings. The van der Waals surface area contributed by atoms with Crippen LogP contribution in [0.4, 0.5) is 0 Å². The largest absolute Gasteiger partial charge is 0.365 e. The van der Waals surface area contributed by atoms with Crippen molar-refractivity contribution in [3.8, 4) is 0 Å². The predicted octanol–water partition coefficient (Wildman–Crippen LogP) is 2.42. The van der Waals surface area contributed by atoms with Crippen LogP contribution in [0.25, 0.3) is 16.4 Å². The molecule has 0 saturated carbocycles. The van der Waals surface area contributed by atoms with Gasteiger partial charge < -0.3 is 9.38 Å². The van der Waals surface area contributed by atoms with Gasteiger partial charge in [0.15, 0.2) is 0 Å². The third kappa shape index (κ3) is 0.593. The zero-order chi connectivity index (χ0) is 7.97. The summed E-state index contributed by atoms with van der Waals surface area (Å²) in [5, 5.41) is 1.25. The van der Waals surface area contributed by atoms with E-state index in [0.29, 0.717) is 0 Å². The zero-order valence-electron chi connectivity index (χ0n) is 6.49. The van der Waals surface area contributed by atoms with E-state index in [1.54, 1.807) is 0 Å². The van der Waals surface area contributed by atoms with Crippen LogP contribution in [0.3, 0.4) is 0 Å². The molecule has 0 bridgehead atoms. The molecule has 0 saturated heterocycles. The van der Waals surface area contributed by atoms with Gasteiger partial charge in [0.2, 0.25) is 0 Å². The van der Waals surface area contributed by atoms with E-state index >= 15 is 0 Å². The number of rotatable bonds is 0. The average Bonchev–Trinajstić information content (AvgIpc) is 2.71. The van der Waals surface area contributed by atoms with E-state index in [1.807, 2.05) is 12.4 Å². The van der Waals surface area contributed by atoms with Crippen LogP contribution in [0.15, 0.2) is 42.9 Å². The van der Waals surface area contributed by atoms with Crippen LogP contribution in [-0.2, 0) is 0 Å². The van der Waals surface area contributed by atoms with Crippen molar-refractivity contribution in [2.45, 2.75) is 0 Å². The fourth-order valence-corrected chi connectivity index (χ4v) is 1.63. The SMILES string of the molecule is c1cc2ccc3c[nH]cc3n2c1. The molecule has 0 amide bonds. The highest BCUT2D eigenvalue weighted by atomic mass is 14.9. The van der Waals surface area contributed by atoms with E-state index in [4.69, 9.17) is 0 Å². The summed E-state index contributed by atoms with van der Waals surface area (Å²) in [6.07, 6.45) is 6.10. The summed E-state index contributed by atoms with van der Waals surface area (Å²) in [4.78, 5) is 3.10. The molecule has 3 aromatic heterocycles. The number of nitrogens with one attached hydrogen (secondary N) is 1. The van der Waals surface area contributed by atoms with Crippen molar-refractivity contribution in [2.24, 2.45) is 0 Å². The Morgan fingerprint density at radius 2 is 2.08 bits per heavy atom. The van der Waals surface area contributed by atoms with E-state index in [-0.39, 0.29) is 0 Å². The number of fused-ring (bicyclic) bond motifs is 3. The number of nitrogens with zero attached hydrogens (tertiary/aromatic N) is 1. The van der Waals surface area contributed by atoms with Gasteiger partial charge in [-0.05, 0) is 24.3 Å². The maximum atomic E-state index is 3.10. The minimum Gasteiger partial charge on any atom is -0.365 e. The van der Waals surface area contributed by atoms with Gasteiger partial charge in [0.25, 0.3) is 0 Å². The molecule has 58 valence electrons. The first-order chi connectivity index (χ1) is 5.95. The molecular formula is C10H8N2. The van der Waals surface area contributed by atoms with Crippen LogP contribution in [-0.4, -0.2) is 9.38 Å². The van der Waals surface area contributed by atoms with Crippen LogP contribution in [0, 0.1) is 0 Å². The summed E-state index contributed by atoms with van der Waals surface area (Å²) in [5.41, 5.74) is 2.47. The highest BCUT2D eigenvalue weighted by Crippen LogP contribution is 2.16. The van der Waals surface area contributed by atoms with Gasteiger partial charge in [0.1, 0.15) is 0 Å². The van der Waals surface area contributed by atoms with E-state index in [2.05, 4.69) is 39.8 Å². The van der Waals surface area contributed by atoms with Gasteiger partial charge in [-0.15, -0.1) is 0 Å². The Kier molecular flexibility index (Phi) is 0.939. The molecule has 3 heterocycles.